The molecule has 0 saturated carbocycles. The lowest BCUT2D eigenvalue weighted by atomic mass is 9.96. The van der Waals surface area contributed by atoms with Crippen LogP contribution < -0.4 is 0 Å². The molecule has 0 aromatic carbocycles. The van der Waals surface area contributed by atoms with Gasteiger partial charge in [-0.05, 0) is 37.3 Å². The highest BCUT2D eigenvalue weighted by Crippen LogP contribution is 2.28. The molecule has 0 radical (unpaired) electrons. The van der Waals surface area contributed by atoms with Crippen LogP contribution in [-0.4, -0.2) is 15.8 Å². The van der Waals surface area contributed by atoms with Crippen molar-refractivity contribution in [1.82, 2.24) is 9.97 Å². The molecule has 3 rings (SSSR count). The van der Waals surface area contributed by atoms with Gasteiger partial charge in [0, 0.05) is 11.6 Å². The molecular weight excluding hydrogens is 244 g/mol. The SMILES string of the molecule is CC(C)C(=O)c1nc2cc3c(nc2s1)CCCC3. The van der Waals surface area contributed by atoms with Crippen molar-refractivity contribution in [1.29, 1.82) is 0 Å². The molecule has 0 spiro atoms. The number of hydrogen-bond acceptors (Lipinski definition) is 4. The van der Waals surface area contributed by atoms with Crippen LogP contribution in [0.1, 0.15) is 47.7 Å². The van der Waals surface area contributed by atoms with E-state index in [1.165, 1.54) is 35.4 Å². The van der Waals surface area contributed by atoms with E-state index in [4.69, 9.17) is 0 Å². The van der Waals surface area contributed by atoms with Crippen molar-refractivity contribution >= 4 is 27.5 Å². The third-order valence-corrected chi connectivity index (χ3v) is 4.38. The number of fused-ring (bicyclic) bond motifs is 2. The second-order valence-corrected chi connectivity index (χ2v) is 6.14. The summed E-state index contributed by atoms with van der Waals surface area (Å²) in [7, 11) is 0. The molecular formula is C14H16N2OS. The summed E-state index contributed by atoms with van der Waals surface area (Å²) in [6, 6.07) is 2.13. The predicted octanol–water partition coefficient (Wildman–Crippen LogP) is 3.41. The molecule has 94 valence electrons. The summed E-state index contributed by atoms with van der Waals surface area (Å²) in [5.74, 6) is 0.121. The van der Waals surface area contributed by atoms with Crippen LogP contribution >= 0.6 is 11.3 Å². The third kappa shape index (κ3) is 1.94. The van der Waals surface area contributed by atoms with Gasteiger partial charge in [0.25, 0.3) is 0 Å². The van der Waals surface area contributed by atoms with E-state index >= 15 is 0 Å². The smallest absolute Gasteiger partial charge is 0.193 e. The highest BCUT2D eigenvalue weighted by molar-refractivity contribution is 7.19. The van der Waals surface area contributed by atoms with Crippen LogP contribution in [0, 0.1) is 5.92 Å². The van der Waals surface area contributed by atoms with Gasteiger partial charge in [0.2, 0.25) is 0 Å². The van der Waals surface area contributed by atoms with Crippen LogP contribution in [-0.2, 0) is 12.8 Å². The Morgan fingerprint density at radius 1 is 1.28 bits per heavy atom. The summed E-state index contributed by atoms with van der Waals surface area (Å²) < 4.78 is 0. The number of hydrogen-bond donors (Lipinski definition) is 0. The van der Waals surface area contributed by atoms with Crippen molar-refractivity contribution in [3.8, 4) is 0 Å². The molecule has 0 bridgehead atoms. The van der Waals surface area contributed by atoms with E-state index in [-0.39, 0.29) is 11.7 Å². The summed E-state index contributed by atoms with van der Waals surface area (Å²) >= 11 is 1.43. The van der Waals surface area contributed by atoms with Crippen LogP contribution in [0.25, 0.3) is 10.3 Å². The number of rotatable bonds is 2. The molecule has 0 unspecified atom stereocenters. The van der Waals surface area contributed by atoms with Crippen molar-refractivity contribution in [3.63, 3.8) is 0 Å². The first kappa shape index (κ1) is 11.8. The number of aryl methyl sites for hydroxylation is 2. The first-order valence-electron chi connectivity index (χ1n) is 6.48. The minimum Gasteiger partial charge on any atom is -0.291 e. The van der Waals surface area contributed by atoms with Gasteiger partial charge in [-0.3, -0.25) is 4.79 Å². The number of thiazole rings is 1. The first-order chi connectivity index (χ1) is 8.65. The Morgan fingerprint density at radius 3 is 2.83 bits per heavy atom. The number of nitrogens with zero attached hydrogens (tertiary/aromatic N) is 2. The lowest BCUT2D eigenvalue weighted by molar-refractivity contribution is 0.0939. The van der Waals surface area contributed by atoms with Crippen LogP contribution in [0.3, 0.4) is 0 Å². The molecule has 2 heterocycles. The lowest BCUT2D eigenvalue weighted by Crippen LogP contribution is -2.06. The summed E-state index contributed by atoms with van der Waals surface area (Å²) in [5.41, 5.74) is 3.42. The molecule has 0 atom stereocenters. The number of carbonyl (C=O) groups is 1. The number of ketones is 1. The van der Waals surface area contributed by atoms with Gasteiger partial charge in [0.05, 0.1) is 0 Å². The molecule has 18 heavy (non-hydrogen) atoms. The zero-order chi connectivity index (χ0) is 12.7. The molecule has 3 nitrogen and oxygen atoms in total. The van der Waals surface area contributed by atoms with Crippen molar-refractivity contribution in [3.05, 3.63) is 22.3 Å². The molecule has 0 N–H and O–H groups in total. The molecule has 2 aromatic rings. The number of pyridine rings is 1. The maximum Gasteiger partial charge on any atom is 0.193 e. The quantitative estimate of drug-likeness (QED) is 0.777. The fraction of sp³-hybridized carbons (Fsp3) is 0.500. The summed E-state index contributed by atoms with van der Waals surface area (Å²) in [6.45, 7) is 3.82. The van der Waals surface area contributed by atoms with Crippen molar-refractivity contribution in [2.75, 3.05) is 0 Å². The second-order valence-electron chi connectivity index (χ2n) is 5.16. The number of aromatic nitrogens is 2. The topological polar surface area (TPSA) is 42.9 Å². The average molecular weight is 260 g/mol. The van der Waals surface area contributed by atoms with E-state index in [2.05, 4.69) is 16.0 Å². The summed E-state index contributed by atoms with van der Waals surface area (Å²) in [5, 5.41) is 0.606. The zero-order valence-corrected chi connectivity index (χ0v) is 11.5. The lowest BCUT2D eigenvalue weighted by Gasteiger charge is -2.13. The predicted molar refractivity (Wildman–Crippen MR) is 73.2 cm³/mol. The Kier molecular flexibility index (Phi) is 2.90. The van der Waals surface area contributed by atoms with Gasteiger partial charge in [-0.2, -0.15) is 0 Å². The largest absolute Gasteiger partial charge is 0.291 e. The Balaban J connectivity index is 2.09. The van der Waals surface area contributed by atoms with Crippen LogP contribution in [0.15, 0.2) is 6.07 Å². The second kappa shape index (κ2) is 4.43. The molecule has 0 fully saturated rings. The summed E-state index contributed by atoms with van der Waals surface area (Å²) in [4.78, 5) is 22.0. The first-order valence-corrected chi connectivity index (χ1v) is 7.30. The maximum absolute atomic E-state index is 12.0. The minimum atomic E-state index is 0.000173. The van der Waals surface area contributed by atoms with Crippen LogP contribution in [0.4, 0.5) is 0 Å². The fourth-order valence-corrected chi connectivity index (χ4v) is 3.36. The molecule has 4 heteroatoms. The van der Waals surface area contributed by atoms with Crippen molar-refractivity contribution in [2.24, 2.45) is 5.92 Å². The third-order valence-electron chi connectivity index (χ3n) is 3.40. The van der Waals surface area contributed by atoms with E-state index in [1.54, 1.807) is 0 Å². The van der Waals surface area contributed by atoms with Gasteiger partial charge in [-0.1, -0.05) is 25.2 Å². The molecule has 2 aromatic heterocycles. The van der Waals surface area contributed by atoms with Gasteiger partial charge in [-0.15, -0.1) is 0 Å². The standard InChI is InChI=1S/C14H16N2OS/c1-8(2)12(17)14-16-11-7-9-5-3-4-6-10(9)15-13(11)18-14/h7-8H,3-6H2,1-2H3. The van der Waals surface area contributed by atoms with Crippen molar-refractivity contribution < 1.29 is 4.79 Å². The van der Waals surface area contributed by atoms with E-state index in [1.807, 2.05) is 13.8 Å². The Labute approximate surface area is 110 Å². The van der Waals surface area contributed by atoms with Gasteiger partial charge < -0.3 is 0 Å². The minimum absolute atomic E-state index is 0.000173. The van der Waals surface area contributed by atoms with E-state index in [0.717, 1.165) is 23.2 Å². The van der Waals surface area contributed by atoms with Crippen LogP contribution in [0.5, 0.6) is 0 Å². The monoisotopic (exact) mass is 260 g/mol. The van der Waals surface area contributed by atoms with Gasteiger partial charge in [-0.25, -0.2) is 9.97 Å². The fourth-order valence-electron chi connectivity index (χ4n) is 2.33. The van der Waals surface area contributed by atoms with Gasteiger partial charge in [0.1, 0.15) is 10.3 Å². The Bertz CT molecular complexity index is 573. The molecule has 1 aliphatic carbocycles. The molecule has 0 saturated heterocycles. The van der Waals surface area contributed by atoms with Crippen LogP contribution in [0.2, 0.25) is 0 Å². The number of carbonyl (C=O) groups excluding carboxylic acids is 1. The van der Waals surface area contributed by atoms with Crippen molar-refractivity contribution in [2.45, 2.75) is 39.5 Å². The summed E-state index contributed by atoms with van der Waals surface area (Å²) in [6.07, 6.45) is 4.63. The molecule has 0 aliphatic heterocycles. The number of Topliss-reactive ketones (excluding diaryl/α,β-unsaturated/α-hetero) is 1. The van der Waals surface area contributed by atoms with Gasteiger partial charge >= 0.3 is 0 Å². The van der Waals surface area contributed by atoms with Gasteiger partial charge in [0.15, 0.2) is 10.8 Å². The highest BCUT2D eigenvalue weighted by Gasteiger charge is 2.18. The highest BCUT2D eigenvalue weighted by atomic mass is 32.1. The average Bonchev–Trinajstić information content (AvgIpc) is 2.77. The van der Waals surface area contributed by atoms with E-state index in [0.29, 0.717) is 5.01 Å². The Morgan fingerprint density at radius 2 is 2.06 bits per heavy atom. The zero-order valence-electron chi connectivity index (χ0n) is 10.7. The van der Waals surface area contributed by atoms with E-state index in [9.17, 15) is 4.79 Å². The Hall–Kier alpha value is -1.29. The van der Waals surface area contributed by atoms with E-state index < -0.39 is 0 Å². The maximum atomic E-state index is 12.0. The normalized spacial score (nSPS) is 15.1. The molecule has 1 aliphatic rings. The molecule has 0 amide bonds.